The Morgan fingerprint density at radius 1 is 1.14 bits per heavy atom. The minimum atomic E-state index is -0.395. The van der Waals surface area contributed by atoms with Gasteiger partial charge in [-0.1, -0.05) is 12.1 Å². The van der Waals surface area contributed by atoms with Crippen LogP contribution in [0, 0.1) is 6.92 Å². The Bertz CT molecular complexity index is 1070. The van der Waals surface area contributed by atoms with E-state index in [-0.39, 0.29) is 5.91 Å². The van der Waals surface area contributed by atoms with Crippen LogP contribution in [-0.2, 0) is 17.9 Å². The molecule has 154 valence electrons. The summed E-state index contributed by atoms with van der Waals surface area (Å²) < 4.78 is 17.5. The highest BCUT2D eigenvalue weighted by atomic mass is 16.5. The zero-order chi connectivity index (χ0) is 21.0. The molecule has 3 aromatic rings. The third-order valence-corrected chi connectivity index (χ3v) is 5.02. The maximum Gasteiger partial charge on any atom is 0.419 e. The van der Waals surface area contributed by atoms with Gasteiger partial charge in [-0.2, -0.15) is 0 Å². The Kier molecular flexibility index (Phi) is 6.26. The lowest BCUT2D eigenvalue weighted by Crippen LogP contribution is -2.27. The van der Waals surface area contributed by atoms with E-state index in [0.717, 1.165) is 16.6 Å². The number of methoxy groups -OCH3 is 2. The third kappa shape index (κ3) is 4.45. The van der Waals surface area contributed by atoms with Crippen molar-refractivity contribution in [3.63, 3.8) is 0 Å². The Hall–Kier alpha value is -3.22. The molecule has 0 radical (unpaired) electrons. The number of aryl methyl sites for hydroxylation is 2. The fourth-order valence-corrected chi connectivity index (χ4v) is 3.34. The van der Waals surface area contributed by atoms with Crippen molar-refractivity contribution < 1.29 is 18.7 Å². The number of oxazole rings is 1. The number of benzene rings is 2. The number of para-hydroxylation sites is 2. The van der Waals surface area contributed by atoms with E-state index in [1.165, 1.54) is 0 Å². The topological polar surface area (TPSA) is 73.9 Å². The minimum Gasteiger partial charge on any atom is -0.493 e. The zero-order valence-corrected chi connectivity index (χ0v) is 17.2. The average molecular weight is 398 g/mol. The largest absolute Gasteiger partial charge is 0.493 e. The van der Waals surface area contributed by atoms with Crippen LogP contribution in [0.2, 0.25) is 0 Å². The molecular weight excluding hydrogens is 372 g/mol. The van der Waals surface area contributed by atoms with E-state index in [0.29, 0.717) is 43.0 Å². The van der Waals surface area contributed by atoms with Crippen molar-refractivity contribution in [3.05, 3.63) is 58.1 Å². The van der Waals surface area contributed by atoms with E-state index in [4.69, 9.17) is 13.9 Å². The molecule has 0 saturated heterocycles. The number of carbonyl (C=O) groups is 1. The van der Waals surface area contributed by atoms with Crippen LogP contribution in [0.15, 0.2) is 45.6 Å². The number of nitrogens with zero attached hydrogens (tertiary/aromatic N) is 2. The molecule has 2 aromatic carbocycles. The van der Waals surface area contributed by atoms with E-state index in [2.05, 4.69) is 0 Å². The van der Waals surface area contributed by atoms with Crippen molar-refractivity contribution in [2.75, 3.05) is 21.3 Å². The second kappa shape index (κ2) is 8.86. The van der Waals surface area contributed by atoms with Gasteiger partial charge in [-0.3, -0.25) is 9.36 Å². The molecule has 0 N–H and O–H groups in total. The van der Waals surface area contributed by atoms with Gasteiger partial charge in [0.15, 0.2) is 17.1 Å². The second-order valence-corrected chi connectivity index (χ2v) is 6.97. The van der Waals surface area contributed by atoms with Gasteiger partial charge in [0.05, 0.1) is 19.7 Å². The SMILES string of the molecule is COc1cc(C)c(CN(C)C(=O)CCCn2c(=O)oc3ccccc32)cc1OC. The summed E-state index contributed by atoms with van der Waals surface area (Å²) in [7, 11) is 4.96. The van der Waals surface area contributed by atoms with Gasteiger partial charge < -0.3 is 18.8 Å². The lowest BCUT2D eigenvalue weighted by Gasteiger charge is -2.20. The minimum absolute atomic E-state index is 0.0139. The first-order valence-corrected chi connectivity index (χ1v) is 9.48. The molecule has 0 aliphatic carbocycles. The Morgan fingerprint density at radius 2 is 1.83 bits per heavy atom. The summed E-state index contributed by atoms with van der Waals surface area (Å²) in [5.74, 6) is 0.925. The van der Waals surface area contributed by atoms with Gasteiger partial charge in [0, 0.05) is 26.6 Å². The average Bonchev–Trinajstić information content (AvgIpc) is 3.04. The van der Waals surface area contributed by atoms with Gasteiger partial charge in [0.25, 0.3) is 0 Å². The molecule has 7 heteroatoms. The summed E-state index contributed by atoms with van der Waals surface area (Å²) in [4.78, 5) is 26.3. The van der Waals surface area contributed by atoms with Gasteiger partial charge >= 0.3 is 5.76 Å². The maximum atomic E-state index is 12.6. The summed E-state index contributed by atoms with van der Waals surface area (Å²) in [6.07, 6.45) is 0.895. The van der Waals surface area contributed by atoms with Gasteiger partial charge in [-0.25, -0.2) is 4.79 Å². The van der Waals surface area contributed by atoms with E-state index >= 15 is 0 Å². The number of carbonyl (C=O) groups excluding carboxylic acids is 1. The van der Waals surface area contributed by atoms with Crippen LogP contribution in [-0.4, -0.2) is 36.6 Å². The zero-order valence-electron chi connectivity index (χ0n) is 17.2. The van der Waals surface area contributed by atoms with Crippen LogP contribution in [0.3, 0.4) is 0 Å². The van der Waals surface area contributed by atoms with Gasteiger partial charge in [-0.15, -0.1) is 0 Å². The fourth-order valence-electron chi connectivity index (χ4n) is 3.34. The molecule has 0 spiro atoms. The predicted octanol–water partition coefficient (Wildman–Crippen LogP) is 3.36. The number of fused-ring (bicyclic) bond motifs is 1. The molecule has 0 atom stereocenters. The fraction of sp³-hybridized carbons (Fsp3) is 0.364. The highest BCUT2D eigenvalue weighted by Crippen LogP contribution is 2.30. The van der Waals surface area contributed by atoms with Gasteiger partial charge in [0.1, 0.15) is 0 Å². The van der Waals surface area contributed by atoms with E-state index in [9.17, 15) is 9.59 Å². The Morgan fingerprint density at radius 3 is 2.55 bits per heavy atom. The van der Waals surface area contributed by atoms with Gasteiger partial charge in [-0.05, 0) is 48.7 Å². The van der Waals surface area contributed by atoms with Crippen LogP contribution in [0.25, 0.3) is 11.1 Å². The molecule has 1 amide bonds. The van der Waals surface area contributed by atoms with Crippen molar-refractivity contribution in [1.82, 2.24) is 9.47 Å². The number of hydrogen-bond acceptors (Lipinski definition) is 5. The summed E-state index contributed by atoms with van der Waals surface area (Å²) in [6.45, 7) is 2.89. The molecule has 1 aromatic heterocycles. The van der Waals surface area contributed by atoms with Crippen molar-refractivity contribution in [2.24, 2.45) is 0 Å². The van der Waals surface area contributed by atoms with Crippen molar-refractivity contribution in [1.29, 1.82) is 0 Å². The van der Waals surface area contributed by atoms with Crippen molar-refractivity contribution in [2.45, 2.75) is 32.9 Å². The molecule has 0 aliphatic rings. The number of aromatic nitrogens is 1. The first-order chi connectivity index (χ1) is 13.9. The highest BCUT2D eigenvalue weighted by Gasteiger charge is 2.15. The summed E-state index contributed by atoms with van der Waals surface area (Å²) in [6, 6.07) is 11.1. The molecule has 7 nitrogen and oxygen atoms in total. The van der Waals surface area contributed by atoms with Crippen molar-refractivity contribution in [3.8, 4) is 11.5 Å². The summed E-state index contributed by atoms with van der Waals surface area (Å²) in [5.41, 5.74) is 3.33. The van der Waals surface area contributed by atoms with E-state index < -0.39 is 5.76 Å². The second-order valence-electron chi connectivity index (χ2n) is 6.97. The van der Waals surface area contributed by atoms with Crippen molar-refractivity contribution >= 4 is 17.0 Å². The van der Waals surface area contributed by atoms with E-state index in [1.807, 2.05) is 37.3 Å². The maximum absolute atomic E-state index is 12.6. The highest BCUT2D eigenvalue weighted by molar-refractivity contribution is 5.76. The molecule has 0 unspecified atom stereocenters. The molecule has 29 heavy (non-hydrogen) atoms. The standard InChI is InChI=1S/C22H26N2O5/c1-15-12-19(27-3)20(28-4)13-16(15)14-23(2)21(25)10-7-11-24-17-8-5-6-9-18(17)29-22(24)26/h5-6,8-9,12-13H,7,10-11,14H2,1-4H3. The molecule has 0 saturated carbocycles. The van der Waals surface area contributed by atoms with Crippen LogP contribution in [0.5, 0.6) is 11.5 Å². The molecule has 0 fully saturated rings. The lowest BCUT2D eigenvalue weighted by molar-refractivity contribution is -0.130. The quantitative estimate of drug-likeness (QED) is 0.582. The van der Waals surface area contributed by atoms with Crippen LogP contribution >= 0.6 is 0 Å². The van der Waals surface area contributed by atoms with Crippen LogP contribution in [0.1, 0.15) is 24.0 Å². The first kappa shape index (κ1) is 20.5. The molecular formula is C22H26N2O5. The van der Waals surface area contributed by atoms with Crippen LogP contribution in [0.4, 0.5) is 0 Å². The van der Waals surface area contributed by atoms with Crippen LogP contribution < -0.4 is 15.2 Å². The molecule has 3 rings (SSSR count). The molecule has 0 aliphatic heterocycles. The van der Waals surface area contributed by atoms with Gasteiger partial charge in [0.2, 0.25) is 5.91 Å². The molecule has 0 bridgehead atoms. The smallest absolute Gasteiger partial charge is 0.419 e. The predicted molar refractivity (Wildman–Crippen MR) is 110 cm³/mol. The normalized spacial score (nSPS) is 10.9. The monoisotopic (exact) mass is 398 g/mol. The summed E-state index contributed by atoms with van der Waals surface area (Å²) in [5, 5.41) is 0. The lowest BCUT2D eigenvalue weighted by atomic mass is 10.1. The molecule has 1 heterocycles. The van der Waals surface area contributed by atoms with E-state index in [1.54, 1.807) is 36.8 Å². The summed E-state index contributed by atoms with van der Waals surface area (Å²) >= 11 is 0. The number of hydrogen-bond donors (Lipinski definition) is 0. The Labute approximate surface area is 169 Å². The number of amides is 1. The Balaban J connectivity index is 1.61. The number of rotatable bonds is 8. The third-order valence-electron chi connectivity index (χ3n) is 5.02. The number of ether oxygens (including phenoxy) is 2. The first-order valence-electron chi connectivity index (χ1n) is 9.48.